The Morgan fingerprint density at radius 2 is 2.00 bits per heavy atom. The van der Waals surface area contributed by atoms with Crippen LogP contribution in [0.1, 0.15) is 33.6 Å². The highest BCUT2D eigenvalue weighted by molar-refractivity contribution is 9.09. The molecule has 0 radical (unpaired) electrons. The minimum atomic E-state index is -0.237. The van der Waals surface area contributed by atoms with Gasteiger partial charge < -0.3 is 4.74 Å². The van der Waals surface area contributed by atoms with E-state index < -0.39 is 0 Å². The Morgan fingerprint density at radius 1 is 1.47 bits per heavy atom. The lowest BCUT2D eigenvalue weighted by Crippen LogP contribution is -2.32. The number of alkyl halides is 1. The van der Waals surface area contributed by atoms with Crippen molar-refractivity contribution >= 4 is 21.9 Å². The quantitative estimate of drug-likeness (QED) is 0.447. The maximum absolute atomic E-state index is 11.9. The standard InChI is InChI=1S/C12H19BrO2/c1-9(7-13)8-15-10(14)12(5-6-12)11(2,3)4/h1,5-8H2,2-4H3. The molecule has 2 nitrogen and oxygen atoms in total. The molecule has 0 atom stereocenters. The van der Waals surface area contributed by atoms with Crippen LogP contribution in [0.2, 0.25) is 0 Å². The van der Waals surface area contributed by atoms with Crippen LogP contribution in [-0.2, 0) is 9.53 Å². The number of hydrogen-bond acceptors (Lipinski definition) is 2. The van der Waals surface area contributed by atoms with E-state index in [-0.39, 0.29) is 16.8 Å². The Morgan fingerprint density at radius 3 is 2.33 bits per heavy atom. The van der Waals surface area contributed by atoms with Crippen LogP contribution in [0.15, 0.2) is 12.2 Å². The fourth-order valence-corrected chi connectivity index (χ4v) is 1.89. The minimum Gasteiger partial charge on any atom is -0.461 e. The number of hydrogen-bond donors (Lipinski definition) is 0. The summed E-state index contributed by atoms with van der Waals surface area (Å²) in [5.41, 5.74) is 0.660. The molecule has 0 aromatic heterocycles. The highest BCUT2D eigenvalue weighted by Crippen LogP contribution is 2.59. The van der Waals surface area contributed by atoms with E-state index in [1.165, 1.54) is 0 Å². The zero-order valence-electron chi connectivity index (χ0n) is 9.73. The summed E-state index contributed by atoms with van der Waals surface area (Å²) in [5, 5.41) is 0.683. The molecule has 0 saturated heterocycles. The second kappa shape index (κ2) is 4.28. The van der Waals surface area contributed by atoms with Gasteiger partial charge >= 0.3 is 5.97 Å². The van der Waals surface area contributed by atoms with Crippen molar-refractivity contribution in [3.63, 3.8) is 0 Å². The van der Waals surface area contributed by atoms with Gasteiger partial charge in [-0.3, -0.25) is 4.79 Å². The zero-order valence-corrected chi connectivity index (χ0v) is 11.3. The first kappa shape index (κ1) is 12.8. The predicted octanol–water partition coefficient (Wildman–Crippen LogP) is 3.31. The van der Waals surface area contributed by atoms with Crippen LogP contribution >= 0.6 is 15.9 Å². The van der Waals surface area contributed by atoms with E-state index >= 15 is 0 Å². The monoisotopic (exact) mass is 274 g/mol. The molecular weight excluding hydrogens is 256 g/mol. The number of ether oxygens (including phenoxy) is 1. The van der Waals surface area contributed by atoms with Crippen LogP contribution in [0.4, 0.5) is 0 Å². The third-order valence-electron chi connectivity index (χ3n) is 3.17. The molecule has 0 spiro atoms. The Kier molecular flexibility index (Phi) is 3.64. The SMILES string of the molecule is C=C(CBr)COC(=O)C1(C(C)(C)C)CC1. The van der Waals surface area contributed by atoms with E-state index in [2.05, 4.69) is 43.3 Å². The molecule has 1 aliphatic carbocycles. The van der Waals surface area contributed by atoms with E-state index in [4.69, 9.17) is 4.74 Å². The highest BCUT2D eigenvalue weighted by Gasteiger charge is 2.59. The molecule has 0 unspecified atom stereocenters. The van der Waals surface area contributed by atoms with E-state index in [0.717, 1.165) is 18.4 Å². The molecular formula is C12H19BrO2. The molecule has 3 heteroatoms. The van der Waals surface area contributed by atoms with Crippen LogP contribution in [0.3, 0.4) is 0 Å². The Labute approximate surface area is 100 Å². The van der Waals surface area contributed by atoms with Gasteiger partial charge in [-0.2, -0.15) is 0 Å². The third kappa shape index (κ3) is 2.63. The van der Waals surface area contributed by atoms with Crippen LogP contribution in [0.5, 0.6) is 0 Å². The summed E-state index contributed by atoms with van der Waals surface area (Å²) in [4.78, 5) is 11.9. The Bertz CT molecular complexity index is 272. The maximum Gasteiger partial charge on any atom is 0.312 e. The molecule has 1 aliphatic rings. The van der Waals surface area contributed by atoms with Gasteiger partial charge in [0.15, 0.2) is 0 Å². The second-order valence-corrected chi connectivity index (χ2v) is 5.85. The summed E-state index contributed by atoms with van der Waals surface area (Å²) >= 11 is 3.28. The largest absolute Gasteiger partial charge is 0.461 e. The minimum absolute atomic E-state index is 0.000180. The van der Waals surface area contributed by atoms with Crippen molar-refractivity contribution in [1.82, 2.24) is 0 Å². The van der Waals surface area contributed by atoms with Crippen LogP contribution in [0.25, 0.3) is 0 Å². The molecule has 0 bridgehead atoms. The van der Waals surface area contributed by atoms with Crippen molar-refractivity contribution in [2.45, 2.75) is 33.6 Å². The third-order valence-corrected chi connectivity index (χ3v) is 3.97. The van der Waals surface area contributed by atoms with Gasteiger partial charge in [-0.05, 0) is 23.8 Å². The first-order valence-electron chi connectivity index (χ1n) is 5.23. The number of rotatable bonds is 4. The topological polar surface area (TPSA) is 26.3 Å². The normalized spacial score (nSPS) is 18.4. The molecule has 0 N–H and O–H groups in total. The molecule has 0 heterocycles. The average Bonchev–Trinajstić information content (AvgIpc) is 2.92. The average molecular weight is 275 g/mol. The molecule has 86 valence electrons. The van der Waals surface area contributed by atoms with Crippen molar-refractivity contribution in [2.75, 3.05) is 11.9 Å². The summed E-state index contributed by atoms with van der Waals surface area (Å²) in [5.74, 6) is -0.0582. The molecule has 1 fully saturated rings. The van der Waals surface area contributed by atoms with Gasteiger partial charge in [0.2, 0.25) is 0 Å². The molecule has 1 rings (SSSR count). The predicted molar refractivity (Wildman–Crippen MR) is 65.0 cm³/mol. The van der Waals surface area contributed by atoms with E-state index in [1.807, 2.05) is 0 Å². The summed E-state index contributed by atoms with van der Waals surface area (Å²) in [7, 11) is 0. The molecule has 0 aromatic carbocycles. The summed E-state index contributed by atoms with van der Waals surface area (Å²) in [6, 6.07) is 0. The van der Waals surface area contributed by atoms with Gasteiger partial charge in [-0.15, -0.1) is 0 Å². The number of halogens is 1. The molecule has 0 aliphatic heterocycles. The first-order chi connectivity index (χ1) is 6.83. The van der Waals surface area contributed by atoms with Gasteiger partial charge in [0.05, 0.1) is 5.41 Å². The molecule has 1 saturated carbocycles. The van der Waals surface area contributed by atoms with Gasteiger partial charge in [-0.25, -0.2) is 0 Å². The van der Waals surface area contributed by atoms with Gasteiger partial charge in [0, 0.05) is 5.33 Å². The lowest BCUT2D eigenvalue weighted by molar-refractivity contribution is -0.153. The maximum atomic E-state index is 11.9. The van der Waals surface area contributed by atoms with Crippen LogP contribution in [-0.4, -0.2) is 17.9 Å². The van der Waals surface area contributed by atoms with Crippen LogP contribution in [0, 0.1) is 10.8 Å². The Hall–Kier alpha value is -0.310. The van der Waals surface area contributed by atoms with Gasteiger partial charge in [0.25, 0.3) is 0 Å². The van der Waals surface area contributed by atoms with E-state index in [1.54, 1.807) is 0 Å². The smallest absolute Gasteiger partial charge is 0.312 e. The highest BCUT2D eigenvalue weighted by atomic mass is 79.9. The molecule has 0 amide bonds. The number of esters is 1. The first-order valence-corrected chi connectivity index (χ1v) is 6.35. The number of carbonyl (C=O) groups excluding carboxylic acids is 1. The Balaban J connectivity index is 2.52. The second-order valence-electron chi connectivity index (χ2n) is 5.29. The lowest BCUT2D eigenvalue weighted by Gasteiger charge is -2.28. The van der Waals surface area contributed by atoms with Crippen molar-refractivity contribution in [3.05, 3.63) is 12.2 Å². The lowest BCUT2D eigenvalue weighted by atomic mass is 9.77. The van der Waals surface area contributed by atoms with Crippen molar-refractivity contribution < 1.29 is 9.53 Å². The number of carbonyl (C=O) groups is 1. The van der Waals surface area contributed by atoms with Crippen molar-refractivity contribution in [3.8, 4) is 0 Å². The molecule has 15 heavy (non-hydrogen) atoms. The summed E-state index contributed by atoms with van der Waals surface area (Å²) in [6.07, 6.45) is 1.91. The van der Waals surface area contributed by atoms with Gasteiger partial charge in [0.1, 0.15) is 6.61 Å². The van der Waals surface area contributed by atoms with Crippen LogP contribution < -0.4 is 0 Å². The van der Waals surface area contributed by atoms with E-state index in [0.29, 0.717) is 11.9 Å². The molecule has 0 aromatic rings. The van der Waals surface area contributed by atoms with Gasteiger partial charge in [-0.1, -0.05) is 43.3 Å². The van der Waals surface area contributed by atoms with Crippen molar-refractivity contribution in [2.24, 2.45) is 10.8 Å². The van der Waals surface area contributed by atoms with Crippen molar-refractivity contribution in [1.29, 1.82) is 0 Å². The fourth-order valence-electron chi connectivity index (χ4n) is 1.73. The fraction of sp³-hybridized carbons (Fsp3) is 0.750. The summed E-state index contributed by atoms with van der Waals surface area (Å²) < 4.78 is 5.28. The summed E-state index contributed by atoms with van der Waals surface area (Å²) in [6.45, 7) is 10.4. The zero-order chi connectivity index (χ0) is 11.7. The van der Waals surface area contributed by atoms with E-state index in [9.17, 15) is 4.79 Å².